The van der Waals surface area contributed by atoms with E-state index in [-0.39, 0.29) is 10.2 Å². The molecule has 0 unspecified atom stereocenters. The fourth-order valence-electron chi connectivity index (χ4n) is 0.820. The van der Waals surface area contributed by atoms with Crippen LogP contribution in [0.2, 0.25) is 0 Å². The highest BCUT2D eigenvalue weighted by Crippen LogP contribution is 2.34. The zero-order valence-corrected chi connectivity index (χ0v) is 7.98. The first-order chi connectivity index (χ1) is 5.88. The van der Waals surface area contributed by atoms with Crippen molar-refractivity contribution in [1.82, 2.24) is 9.78 Å². The van der Waals surface area contributed by atoms with Gasteiger partial charge in [-0.3, -0.25) is 9.48 Å². The van der Waals surface area contributed by atoms with Crippen LogP contribution in [-0.2, 0) is 13.2 Å². The van der Waals surface area contributed by atoms with Gasteiger partial charge in [-0.2, -0.15) is 18.3 Å². The summed E-state index contributed by atoms with van der Waals surface area (Å²) in [5, 5.41) is 3.17. The Morgan fingerprint density at radius 3 is 2.31 bits per heavy atom. The number of alkyl halides is 3. The second kappa shape index (κ2) is 3.13. The van der Waals surface area contributed by atoms with Gasteiger partial charge in [-0.15, -0.1) is 0 Å². The molecule has 0 radical (unpaired) electrons. The highest BCUT2D eigenvalue weighted by atomic mass is 79.9. The molecule has 0 aliphatic carbocycles. The molecule has 0 saturated carbocycles. The molecule has 1 aromatic heterocycles. The van der Waals surface area contributed by atoms with Crippen LogP contribution in [0.5, 0.6) is 0 Å². The number of nitrogens with zero attached hydrogens (tertiary/aromatic N) is 2. The maximum absolute atomic E-state index is 12.2. The van der Waals surface area contributed by atoms with Gasteiger partial charge in [0, 0.05) is 7.05 Å². The molecule has 0 spiro atoms. The monoisotopic (exact) mass is 256 g/mol. The second-order valence-corrected chi connectivity index (χ2v) is 3.08. The van der Waals surface area contributed by atoms with Crippen LogP contribution in [0.15, 0.2) is 4.47 Å². The average Bonchev–Trinajstić information content (AvgIpc) is 2.25. The Morgan fingerprint density at radius 2 is 2.08 bits per heavy atom. The molecule has 0 amide bonds. The summed E-state index contributed by atoms with van der Waals surface area (Å²) in [6.45, 7) is 0. The normalized spacial score (nSPS) is 11.8. The van der Waals surface area contributed by atoms with E-state index in [1.807, 2.05) is 0 Å². The highest BCUT2D eigenvalue weighted by Gasteiger charge is 2.38. The maximum atomic E-state index is 12.2. The van der Waals surface area contributed by atoms with Crippen LogP contribution in [0.3, 0.4) is 0 Å². The van der Waals surface area contributed by atoms with Crippen molar-refractivity contribution in [3.63, 3.8) is 0 Å². The summed E-state index contributed by atoms with van der Waals surface area (Å²) in [4.78, 5) is 10.3. The number of carbonyl (C=O) groups is 1. The van der Waals surface area contributed by atoms with Crippen molar-refractivity contribution >= 4 is 22.2 Å². The Morgan fingerprint density at radius 1 is 1.54 bits per heavy atom. The molecule has 0 atom stereocenters. The van der Waals surface area contributed by atoms with Crippen molar-refractivity contribution in [1.29, 1.82) is 0 Å². The second-order valence-electron chi connectivity index (χ2n) is 2.29. The lowest BCUT2D eigenvalue weighted by molar-refractivity contribution is -0.142. The largest absolute Gasteiger partial charge is 0.436 e. The van der Waals surface area contributed by atoms with Gasteiger partial charge in [0.15, 0.2) is 12.0 Å². The molecule has 13 heavy (non-hydrogen) atoms. The lowest BCUT2D eigenvalue weighted by atomic mass is 10.3. The standard InChI is InChI=1S/C6H4BrF3N2O/c1-12-3(2-13)4(7)5(11-12)6(8,9)10/h2H,1H3. The number of halogens is 4. The molecule has 1 rings (SSSR count). The Bertz CT molecular complexity index is 344. The molecule has 0 saturated heterocycles. The van der Waals surface area contributed by atoms with Crippen LogP contribution in [0.4, 0.5) is 13.2 Å². The van der Waals surface area contributed by atoms with Crippen molar-refractivity contribution in [2.75, 3.05) is 0 Å². The summed E-state index contributed by atoms with van der Waals surface area (Å²) in [7, 11) is 1.27. The van der Waals surface area contributed by atoms with Gasteiger partial charge in [-0.05, 0) is 15.9 Å². The lowest BCUT2D eigenvalue weighted by Gasteiger charge is -2.00. The van der Waals surface area contributed by atoms with E-state index in [1.54, 1.807) is 0 Å². The SMILES string of the molecule is Cn1nc(C(F)(F)F)c(Br)c1C=O. The third-order valence-corrected chi connectivity index (χ3v) is 2.19. The zero-order valence-electron chi connectivity index (χ0n) is 6.39. The molecule has 0 aliphatic heterocycles. The predicted octanol–water partition coefficient (Wildman–Crippen LogP) is 2.01. The maximum Gasteiger partial charge on any atom is 0.436 e. The van der Waals surface area contributed by atoms with E-state index in [9.17, 15) is 18.0 Å². The van der Waals surface area contributed by atoms with Crippen molar-refractivity contribution in [3.8, 4) is 0 Å². The minimum Gasteiger partial charge on any atom is -0.296 e. The van der Waals surface area contributed by atoms with E-state index in [2.05, 4.69) is 21.0 Å². The van der Waals surface area contributed by atoms with Crippen LogP contribution in [0, 0.1) is 0 Å². The van der Waals surface area contributed by atoms with E-state index in [0.29, 0.717) is 6.29 Å². The number of rotatable bonds is 1. The highest BCUT2D eigenvalue weighted by molar-refractivity contribution is 9.10. The molecule has 72 valence electrons. The summed E-state index contributed by atoms with van der Waals surface area (Å²) in [6, 6.07) is 0. The van der Waals surface area contributed by atoms with Gasteiger partial charge in [0.25, 0.3) is 0 Å². The summed E-state index contributed by atoms with van der Waals surface area (Å²) in [5.41, 5.74) is -1.22. The minimum absolute atomic E-state index is 0.132. The van der Waals surface area contributed by atoms with Crippen LogP contribution in [-0.4, -0.2) is 16.1 Å². The van der Waals surface area contributed by atoms with Gasteiger partial charge in [0.2, 0.25) is 0 Å². The summed E-state index contributed by atoms with van der Waals surface area (Å²) < 4.78 is 37.0. The first-order valence-corrected chi connectivity index (χ1v) is 3.92. The zero-order chi connectivity index (χ0) is 10.2. The average molecular weight is 257 g/mol. The fourth-order valence-corrected chi connectivity index (χ4v) is 1.47. The van der Waals surface area contributed by atoms with Crippen molar-refractivity contribution in [2.24, 2.45) is 7.05 Å². The third kappa shape index (κ3) is 1.74. The number of aldehydes is 1. The summed E-state index contributed by atoms with van der Waals surface area (Å²) in [5.74, 6) is 0. The summed E-state index contributed by atoms with van der Waals surface area (Å²) in [6.07, 6.45) is -4.23. The molecule has 0 fully saturated rings. The Kier molecular flexibility index (Phi) is 2.47. The smallest absolute Gasteiger partial charge is 0.296 e. The minimum atomic E-state index is -4.54. The van der Waals surface area contributed by atoms with Gasteiger partial charge in [0.05, 0.1) is 4.47 Å². The number of aromatic nitrogens is 2. The Labute approximate surface area is 79.7 Å². The van der Waals surface area contributed by atoms with Crippen LogP contribution in [0.25, 0.3) is 0 Å². The van der Waals surface area contributed by atoms with E-state index >= 15 is 0 Å². The Balaban J connectivity index is 3.34. The molecule has 0 aliphatic rings. The first-order valence-electron chi connectivity index (χ1n) is 3.12. The molecule has 1 heterocycles. The summed E-state index contributed by atoms with van der Waals surface area (Å²) >= 11 is 2.66. The van der Waals surface area contributed by atoms with Crippen molar-refractivity contribution in [3.05, 3.63) is 15.9 Å². The topological polar surface area (TPSA) is 34.9 Å². The quantitative estimate of drug-likeness (QED) is 0.721. The molecule has 7 heteroatoms. The molecule has 3 nitrogen and oxygen atoms in total. The Hall–Kier alpha value is -0.850. The lowest BCUT2D eigenvalue weighted by Crippen LogP contribution is -2.07. The van der Waals surface area contributed by atoms with Crippen LogP contribution in [0.1, 0.15) is 16.2 Å². The van der Waals surface area contributed by atoms with E-state index in [0.717, 1.165) is 4.68 Å². The van der Waals surface area contributed by atoms with E-state index in [1.165, 1.54) is 7.05 Å². The molecule has 1 aromatic rings. The molecule has 0 aromatic carbocycles. The van der Waals surface area contributed by atoms with Crippen LogP contribution < -0.4 is 0 Å². The molecule has 0 N–H and O–H groups in total. The number of aryl methyl sites for hydroxylation is 1. The molecule has 0 bridgehead atoms. The molecular formula is C6H4BrF3N2O. The van der Waals surface area contributed by atoms with Gasteiger partial charge in [-0.25, -0.2) is 0 Å². The van der Waals surface area contributed by atoms with Gasteiger partial charge in [0.1, 0.15) is 5.69 Å². The van der Waals surface area contributed by atoms with Gasteiger partial charge in [-0.1, -0.05) is 0 Å². The van der Waals surface area contributed by atoms with Crippen molar-refractivity contribution in [2.45, 2.75) is 6.18 Å². The van der Waals surface area contributed by atoms with Crippen LogP contribution >= 0.6 is 15.9 Å². The van der Waals surface area contributed by atoms with Gasteiger partial charge < -0.3 is 0 Å². The number of carbonyl (C=O) groups excluding carboxylic acids is 1. The first kappa shape index (κ1) is 10.2. The number of hydrogen-bond acceptors (Lipinski definition) is 2. The third-order valence-electron chi connectivity index (χ3n) is 1.41. The van der Waals surface area contributed by atoms with E-state index < -0.39 is 11.9 Å². The number of hydrogen-bond donors (Lipinski definition) is 0. The van der Waals surface area contributed by atoms with Crippen molar-refractivity contribution < 1.29 is 18.0 Å². The predicted molar refractivity (Wildman–Crippen MR) is 41.3 cm³/mol. The van der Waals surface area contributed by atoms with Gasteiger partial charge >= 0.3 is 6.18 Å². The molecular weight excluding hydrogens is 253 g/mol. The van der Waals surface area contributed by atoms with E-state index in [4.69, 9.17) is 0 Å². The fraction of sp³-hybridized carbons (Fsp3) is 0.333.